The van der Waals surface area contributed by atoms with Gasteiger partial charge in [-0.05, 0) is 29.2 Å². The molecule has 27 heavy (non-hydrogen) atoms. The molecule has 0 aromatic heterocycles. The van der Waals surface area contributed by atoms with Gasteiger partial charge >= 0.3 is 11.8 Å². The summed E-state index contributed by atoms with van der Waals surface area (Å²) in [5.41, 5.74) is 4.55. The number of hydrogen-bond donors (Lipinski definition) is 2. The van der Waals surface area contributed by atoms with E-state index in [0.717, 1.165) is 5.56 Å². The number of amides is 2. The molecule has 2 amide bonds. The van der Waals surface area contributed by atoms with Crippen LogP contribution >= 0.6 is 0 Å². The van der Waals surface area contributed by atoms with Gasteiger partial charge in [-0.15, -0.1) is 0 Å². The lowest BCUT2D eigenvalue weighted by atomic mass is 10.0. The van der Waals surface area contributed by atoms with Crippen LogP contribution in [0.3, 0.4) is 0 Å². The predicted molar refractivity (Wildman–Crippen MR) is 104 cm³/mol. The van der Waals surface area contributed by atoms with Crippen LogP contribution in [0.15, 0.2) is 47.6 Å². The van der Waals surface area contributed by atoms with E-state index in [1.54, 1.807) is 18.2 Å². The lowest BCUT2D eigenvalue weighted by Gasteiger charge is -2.11. The number of nitrogens with one attached hydrogen (secondary N) is 2. The number of methoxy groups -OCH3 is 2. The monoisotopic (exact) mass is 369 g/mol. The fraction of sp³-hybridized carbons (Fsp3) is 0.250. The summed E-state index contributed by atoms with van der Waals surface area (Å²) in [6, 6.07) is 12.7. The van der Waals surface area contributed by atoms with Gasteiger partial charge in [0.15, 0.2) is 0 Å². The second kappa shape index (κ2) is 9.38. The highest BCUT2D eigenvalue weighted by Crippen LogP contribution is 2.28. The first-order valence-corrected chi connectivity index (χ1v) is 8.41. The Morgan fingerprint density at radius 2 is 1.70 bits per heavy atom. The maximum absolute atomic E-state index is 12.0. The van der Waals surface area contributed by atoms with E-state index < -0.39 is 11.8 Å². The summed E-state index contributed by atoms with van der Waals surface area (Å²) in [5.74, 6) is -0.392. The molecule has 0 aliphatic carbocycles. The Labute approximate surface area is 158 Å². The van der Waals surface area contributed by atoms with E-state index in [-0.39, 0.29) is 0 Å². The summed E-state index contributed by atoms with van der Waals surface area (Å²) >= 11 is 0. The van der Waals surface area contributed by atoms with Crippen molar-refractivity contribution in [2.75, 3.05) is 19.5 Å². The van der Waals surface area contributed by atoms with Crippen molar-refractivity contribution >= 4 is 23.7 Å². The zero-order valence-corrected chi connectivity index (χ0v) is 15.8. The van der Waals surface area contributed by atoms with Crippen LogP contribution < -0.4 is 20.2 Å². The molecule has 0 aliphatic heterocycles. The van der Waals surface area contributed by atoms with Crippen LogP contribution in [0.5, 0.6) is 11.5 Å². The quantitative estimate of drug-likeness (QED) is 0.465. The van der Waals surface area contributed by atoms with Gasteiger partial charge in [-0.1, -0.05) is 38.1 Å². The molecule has 0 bridgehead atoms. The van der Waals surface area contributed by atoms with Crippen LogP contribution in [0, 0.1) is 0 Å². The number of hydrazone groups is 1. The number of carbonyl (C=O) groups is 2. The van der Waals surface area contributed by atoms with Crippen molar-refractivity contribution in [2.24, 2.45) is 5.10 Å². The number of nitrogens with zero attached hydrogens (tertiary/aromatic N) is 1. The Hall–Kier alpha value is -3.35. The van der Waals surface area contributed by atoms with E-state index in [4.69, 9.17) is 9.47 Å². The number of benzene rings is 2. The lowest BCUT2D eigenvalue weighted by molar-refractivity contribution is -0.136. The van der Waals surface area contributed by atoms with Gasteiger partial charge in [0.2, 0.25) is 0 Å². The van der Waals surface area contributed by atoms with Crippen molar-refractivity contribution in [2.45, 2.75) is 19.8 Å². The number of anilines is 1. The number of hydrogen-bond acceptors (Lipinski definition) is 5. The summed E-state index contributed by atoms with van der Waals surface area (Å²) in [6.07, 6.45) is 1.47. The highest BCUT2D eigenvalue weighted by molar-refractivity contribution is 6.39. The molecule has 0 spiro atoms. The van der Waals surface area contributed by atoms with Crippen molar-refractivity contribution < 1.29 is 19.1 Å². The third-order valence-corrected chi connectivity index (χ3v) is 3.84. The maximum atomic E-state index is 12.0. The van der Waals surface area contributed by atoms with Gasteiger partial charge in [0.1, 0.15) is 11.5 Å². The molecule has 0 unspecified atom stereocenters. The van der Waals surface area contributed by atoms with Crippen LogP contribution in [0.2, 0.25) is 0 Å². The summed E-state index contributed by atoms with van der Waals surface area (Å²) in [4.78, 5) is 24.0. The molecule has 2 rings (SSSR count). The number of ether oxygens (including phenoxy) is 2. The minimum absolute atomic E-state index is 0.324. The van der Waals surface area contributed by atoms with Crippen LogP contribution in [0.1, 0.15) is 30.9 Å². The van der Waals surface area contributed by atoms with Gasteiger partial charge in [0.05, 0.1) is 26.1 Å². The molecule has 2 N–H and O–H groups in total. The van der Waals surface area contributed by atoms with E-state index in [1.807, 2.05) is 24.3 Å². The number of carbonyl (C=O) groups excluding carboxylic acids is 2. The highest BCUT2D eigenvalue weighted by atomic mass is 16.5. The maximum Gasteiger partial charge on any atom is 0.329 e. The third-order valence-electron chi connectivity index (χ3n) is 3.84. The van der Waals surface area contributed by atoms with Crippen molar-refractivity contribution in [1.29, 1.82) is 0 Å². The van der Waals surface area contributed by atoms with E-state index in [1.165, 1.54) is 26.0 Å². The normalized spacial score (nSPS) is 10.7. The molecule has 0 atom stereocenters. The predicted octanol–water partition coefficient (Wildman–Crippen LogP) is 2.92. The first-order chi connectivity index (χ1) is 12.9. The van der Waals surface area contributed by atoms with Gasteiger partial charge < -0.3 is 14.8 Å². The molecule has 142 valence electrons. The summed E-state index contributed by atoms with van der Waals surface area (Å²) in [5, 5.41) is 6.29. The highest BCUT2D eigenvalue weighted by Gasteiger charge is 2.16. The van der Waals surface area contributed by atoms with Crippen molar-refractivity contribution in [3.05, 3.63) is 53.6 Å². The first kappa shape index (κ1) is 20.0. The molecule has 2 aromatic carbocycles. The molecule has 0 saturated carbocycles. The Morgan fingerprint density at radius 3 is 2.30 bits per heavy atom. The van der Waals surface area contributed by atoms with Crippen LogP contribution in [-0.2, 0) is 9.59 Å². The van der Waals surface area contributed by atoms with Gasteiger partial charge in [-0.2, -0.15) is 5.10 Å². The Morgan fingerprint density at radius 1 is 1.00 bits per heavy atom. The second-order valence-corrected chi connectivity index (χ2v) is 6.04. The Balaban J connectivity index is 1.96. The van der Waals surface area contributed by atoms with Gasteiger partial charge in [-0.25, -0.2) is 5.43 Å². The Kier molecular flexibility index (Phi) is 6.93. The molecule has 7 nitrogen and oxygen atoms in total. The van der Waals surface area contributed by atoms with Gasteiger partial charge in [-0.3, -0.25) is 9.59 Å². The van der Waals surface area contributed by atoms with Gasteiger partial charge in [0, 0.05) is 6.07 Å². The fourth-order valence-electron chi connectivity index (χ4n) is 2.27. The molecular formula is C20H23N3O4. The molecule has 0 heterocycles. The SMILES string of the molecule is COc1ccc(OC)c(NC(=O)C(=O)N/N=C\c2ccc(C(C)C)cc2)c1. The molecule has 2 aromatic rings. The standard InChI is InChI=1S/C20H23N3O4/c1-13(2)15-7-5-14(6-8-15)12-21-23-20(25)19(24)22-17-11-16(26-3)9-10-18(17)27-4/h5-13H,1-4H3,(H,22,24)(H,23,25)/b21-12-. The van der Waals surface area contributed by atoms with Crippen molar-refractivity contribution in [3.63, 3.8) is 0 Å². The largest absolute Gasteiger partial charge is 0.497 e. The van der Waals surface area contributed by atoms with E-state index in [2.05, 4.69) is 29.7 Å². The van der Waals surface area contributed by atoms with Crippen LogP contribution in [0.4, 0.5) is 5.69 Å². The van der Waals surface area contributed by atoms with Gasteiger partial charge in [0.25, 0.3) is 0 Å². The smallest absolute Gasteiger partial charge is 0.329 e. The minimum Gasteiger partial charge on any atom is -0.497 e. The summed E-state index contributed by atoms with van der Waals surface area (Å²) < 4.78 is 10.3. The molecular weight excluding hydrogens is 346 g/mol. The topological polar surface area (TPSA) is 89.0 Å². The van der Waals surface area contributed by atoms with Crippen molar-refractivity contribution in [1.82, 2.24) is 5.43 Å². The third kappa shape index (κ3) is 5.57. The summed E-state index contributed by atoms with van der Waals surface area (Å²) in [7, 11) is 2.97. The fourth-order valence-corrected chi connectivity index (χ4v) is 2.27. The average Bonchev–Trinajstić information content (AvgIpc) is 2.68. The van der Waals surface area contributed by atoms with E-state index in [0.29, 0.717) is 23.1 Å². The molecule has 0 radical (unpaired) electrons. The minimum atomic E-state index is -0.894. The van der Waals surface area contributed by atoms with Crippen LogP contribution in [-0.4, -0.2) is 32.2 Å². The zero-order valence-electron chi connectivity index (χ0n) is 15.8. The molecule has 0 aliphatic rings. The molecule has 0 fully saturated rings. The zero-order chi connectivity index (χ0) is 19.8. The molecule has 0 saturated heterocycles. The van der Waals surface area contributed by atoms with Crippen LogP contribution in [0.25, 0.3) is 0 Å². The van der Waals surface area contributed by atoms with E-state index >= 15 is 0 Å². The average molecular weight is 369 g/mol. The second-order valence-electron chi connectivity index (χ2n) is 6.04. The van der Waals surface area contributed by atoms with Crippen molar-refractivity contribution in [3.8, 4) is 11.5 Å². The summed E-state index contributed by atoms with van der Waals surface area (Å²) in [6.45, 7) is 4.22. The van der Waals surface area contributed by atoms with E-state index in [9.17, 15) is 9.59 Å². The Bertz CT molecular complexity index is 830. The molecule has 7 heteroatoms. The number of rotatable bonds is 6. The first-order valence-electron chi connectivity index (χ1n) is 8.41. The lowest BCUT2D eigenvalue weighted by Crippen LogP contribution is -2.32.